The van der Waals surface area contributed by atoms with Gasteiger partial charge in [0.05, 0.1) is 14.8 Å². The van der Waals surface area contributed by atoms with Crippen LogP contribution in [-0.2, 0) is 11.8 Å². The number of carbonyl (C=O) groups is 1. The molecule has 1 amide bonds. The van der Waals surface area contributed by atoms with Gasteiger partial charge >= 0.3 is 0 Å². The van der Waals surface area contributed by atoms with Crippen LogP contribution in [-0.4, -0.2) is 22.0 Å². The van der Waals surface area contributed by atoms with Crippen molar-refractivity contribution in [3.05, 3.63) is 44.8 Å². The lowest BCUT2D eigenvalue weighted by Crippen LogP contribution is -2.20. The molecule has 2 aromatic heterocycles. The lowest BCUT2D eigenvalue weighted by atomic mass is 10.0. The third-order valence-electron chi connectivity index (χ3n) is 4.10. The van der Waals surface area contributed by atoms with Crippen LogP contribution in [0.1, 0.15) is 23.0 Å². The van der Waals surface area contributed by atoms with E-state index in [1.54, 1.807) is 11.3 Å². The zero-order valence-electron chi connectivity index (χ0n) is 13.5. The molecule has 2 heterocycles. The molecule has 0 saturated carbocycles. The molecule has 3 aromatic rings. The number of carbonyl (C=O) groups excluding carboxylic acids is 1. The number of hydrogen-bond donors (Lipinski definition) is 2. The molecule has 0 fully saturated rings. The Morgan fingerprint density at radius 3 is 2.88 bits per heavy atom. The number of imidazole rings is 1. The van der Waals surface area contributed by atoms with Gasteiger partial charge in [-0.15, -0.1) is 11.3 Å². The summed E-state index contributed by atoms with van der Waals surface area (Å²) >= 11 is 5.07. The number of fused-ring (bicyclic) bond motifs is 1. The van der Waals surface area contributed by atoms with Gasteiger partial charge in [-0.1, -0.05) is 0 Å². The van der Waals surface area contributed by atoms with Gasteiger partial charge in [0.25, 0.3) is 0 Å². The molecule has 0 spiro atoms. The first-order chi connectivity index (χ1) is 11.5. The lowest BCUT2D eigenvalue weighted by Gasteiger charge is -2.13. The fourth-order valence-corrected chi connectivity index (χ4v) is 4.22. The van der Waals surface area contributed by atoms with Crippen LogP contribution in [0.25, 0.3) is 11.0 Å². The van der Waals surface area contributed by atoms with Crippen LogP contribution >= 0.6 is 27.3 Å². The second-order valence-electron chi connectivity index (χ2n) is 5.75. The summed E-state index contributed by atoms with van der Waals surface area (Å²) in [7, 11) is 1.98. The van der Waals surface area contributed by atoms with Crippen molar-refractivity contribution in [2.75, 3.05) is 11.9 Å². The van der Waals surface area contributed by atoms with Gasteiger partial charge in [-0.05, 0) is 53.2 Å². The molecule has 3 rings (SSSR count). The second kappa shape index (κ2) is 7.04. The number of halogens is 1. The number of rotatable bonds is 5. The predicted octanol–water partition coefficient (Wildman–Crippen LogP) is 3.78. The number of aryl methyl sites for hydroxylation is 2. The van der Waals surface area contributed by atoms with E-state index in [-0.39, 0.29) is 11.8 Å². The first-order valence-corrected chi connectivity index (χ1v) is 9.27. The fourth-order valence-electron chi connectivity index (χ4n) is 2.68. The molecule has 0 bridgehead atoms. The van der Waals surface area contributed by atoms with Crippen molar-refractivity contribution in [1.29, 1.82) is 0 Å². The minimum Gasteiger partial charge on any atom is -0.331 e. The SMILES string of the molecule is Cc1nc2cc(NC(=O)CC(CN)c3ccc(Br)s3)ccc2n1C. The summed E-state index contributed by atoms with van der Waals surface area (Å²) in [4.78, 5) is 18.0. The van der Waals surface area contributed by atoms with Crippen molar-refractivity contribution < 1.29 is 4.79 Å². The Bertz CT molecular complexity index is 886. The van der Waals surface area contributed by atoms with Crippen LogP contribution in [0.2, 0.25) is 0 Å². The van der Waals surface area contributed by atoms with E-state index < -0.39 is 0 Å². The van der Waals surface area contributed by atoms with Crippen molar-refractivity contribution in [2.24, 2.45) is 12.8 Å². The molecule has 0 saturated heterocycles. The van der Waals surface area contributed by atoms with E-state index in [4.69, 9.17) is 5.73 Å². The summed E-state index contributed by atoms with van der Waals surface area (Å²) in [6, 6.07) is 9.78. The van der Waals surface area contributed by atoms with E-state index in [0.717, 1.165) is 31.2 Å². The van der Waals surface area contributed by atoms with Crippen LogP contribution in [0.15, 0.2) is 34.1 Å². The van der Waals surface area contributed by atoms with Crippen molar-refractivity contribution in [1.82, 2.24) is 9.55 Å². The van der Waals surface area contributed by atoms with E-state index in [1.807, 2.05) is 48.9 Å². The Morgan fingerprint density at radius 2 is 2.21 bits per heavy atom. The van der Waals surface area contributed by atoms with Gasteiger partial charge in [0.1, 0.15) is 5.82 Å². The van der Waals surface area contributed by atoms with Crippen LogP contribution < -0.4 is 11.1 Å². The smallest absolute Gasteiger partial charge is 0.225 e. The van der Waals surface area contributed by atoms with Crippen LogP contribution in [0.3, 0.4) is 0 Å². The normalized spacial score (nSPS) is 12.5. The van der Waals surface area contributed by atoms with Crippen LogP contribution in [0.5, 0.6) is 0 Å². The first kappa shape index (κ1) is 17.1. The maximum absolute atomic E-state index is 12.4. The van der Waals surface area contributed by atoms with Crippen molar-refractivity contribution in [2.45, 2.75) is 19.3 Å². The molecule has 0 aliphatic heterocycles. The average molecular weight is 407 g/mol. The van der Waals surface area contributed by atoms with Gasteiger partial charge in [-0.2, -0.15) is 0 Å². The Hall–Kier alpha value is -1.70. The molecule has 1 unspecified atom stereocenters. The molecule has 0 aliphatic carbocycles. The molecule has 0 radical (unpaired) electrons. The summed E-state index contributed by atoms with van der Waals surface area (Å²) < 4.78 is 3.08. The number of nitrogens with two attached hydrogens (primary N) is 1. The number of nitrogens with zero attached hydrogens (tertiary/aromatic N) is 2. The van der Waals surface area contributed by atoms with E-state index in [1.165, 1.54) is 0 Å². The number of amides is 1. The van der Waals surface area contributed by atoms with E-state index in [0.29, 0.717) is 13.0 Å². The molecular formula is C17H19BrN4OS. The number of anilines is 1. The molecule has 126 valence electrons. The van der Waals surface area contributed by atoms with E-state index in [2.05, 4.69) is 26.2 Å². The minimum absolute atomic E-state index is 0.0297. The van der Waals surface area contributed by atoms with Crippen molar-refractivity contribution in [3.8, 4) is 0 Å². The Morgan fingerprint density at radius 1 is 1.42 bits per heavy atom. The zero-order valence-corrected chi connectivity index (χ0v) is 15.9. The topological polar surface area (TPSA) is 72.9 Å². The second-order valence-corrected chi connectivity index (χ2v) is 8.24. The van der Waals surface area contributed by atoms with Gasteiger partial charge in [0.15, 0.2) is 0 Å². The maximum atomic E-state index is 12.4. The van der Waals surface area contributed by atoms with E-state index in [9.17, 15) is 4.79 Å². The van der Waals surface area contributed by atoms with Crippen molar-refractivity contribution in [3.63, 3.8) is 0 Å². The number of nitrogens with one attached hydrogen (secondary N) is 1. The number of aromatic nitrogens is 2. The fraction of sp³-hybridized carbons (Fsp3) is 0.294. The van der Waals surface area contributed by atoms with Gasteiger partial charge in [-0.3, -0.25) is 4.79 Å². The minimum atomic E-state index is -0.0398. The molecule has 3 N–H and O–H groups in total. The lowest BCUT2D eigenvalue weighted by molar-refractivity contribution is -0.116. The Balaban J connectivity index is 1.72. The average Bonchev–Trinajstić information content (AvgIpc) is 3.09. The molecule has 5 nitrogen and oxygen atoms in total. The summed E-state index contributed by atoms with van der Waals surface area (Å²) in [6.07, 6.45) is 0.364. The quantitative estimate of drug-likeness (QED) is 0.676. The molecule has 24 heavy (non-hydrogen) atoms. The highest BCUT2D eigenvalue weighted by Crippen LogP contribution is 2.30. The predicted molar refractivity (Wildman–Crippen MR) is 103 cm³/mol. The van der Waals surface area contributed by atoms with Crippen LogP contribution in [0, 0.1) is 6.92 Å². The monoisotopic (exact) mass is 406 g/mol. The summed E-state index contributed by atoms with van der Waals surface area (Å²) in [5.74, 6) is 0.934. The highest BCUT2D eigenvalue weighted by atomic mass is 79.9. The largest absolute Gasteiger partial charge is 0.331 e. The van der Waals surface area contributed by atoms with Gasteiger partial charge in [-0.25, -0.2) is 4.98 Å². The maximum Gasteiger partial charge on any atom is 0.225 e. The third kappa shape index (κ3) is 3.53. The zero-order chi connectivity index (χ0) is 17.3. The summed E-state index contributed by atoms with van der Waals surface area (Å²) in [6.45, 7) is 2.40. The highest BCUT2D eigenvalue weighted by Gasteiger charge is 2.17. The third-order valence-corrected chi connectivity index (χ3v) is 5.89. The Labute approximate surface area is 153 Å². The molecule has 0 aliphatic rings. The van der Waals surface area contributed by atoms with Gasteiger partial charge in [0, 0.05) is 36.5 Å². The summed E-state index contributed by atoms with van der Waals surface area (Å²) in [5.41, 5.74) is 8.54. The standard InChI is InChI=1S/C17H19BrN4OS/c1-10-20-13-8-12(3-4-14(13)22(10)2)21-17(23)7-11(9-19)15-5-6-16(18)24-15/h3-6,8,11H,7,9,19H2,1-2H3,(H,21,23). The molecular weight excluding hydrogens is 388 g/mol. The number of thiophene rings is 1. The highest BCUT2D eigenvalue weighted by molar-refractivity contribution is 9.11. The molecule has 1 atom stereocenters. The number of benzene rings is 1. The van der Waals surface area contributed by atoms with Gasteiger partial charge in [0.2, 0.25) is 5.91 Å². The van der Waals surface area contributed by atoms with Crippen LogP contribution in [0.4, 0.5) is 5.69 Å². The van der Waals surface area contributed by atoms with E-state index >= 15 is 0 Å². The molecule has 1 aromatic carbocycles. The van der Waals surface area contributed by atoms with Crippen molar-refractivity contribution >= 4 is 49.9 Å². The first-order valence-electron chi connectivity index (χ1n) is 7.66. The van der Waals surface area contributed by atoms with Gasteiger partial charge < -0.3 is 15.6 Å². The molecule has 7 heteroatoms. The summed E-state index contributed by atoms with van der Waals surface area (Å²) in [5, 5.41) is 2.95. The Kier molecular flexibility index (Phi) is 5.03. The number of hydrogen-bond acceptors (Lipinski definition) is 4.